The lowest BCUT2D eigenvalue weighted by Crippen LogP contribution is -2.38. The second-order valence-electron chi connectivity index (χ2n) is 5.14. The highest BCUT2D eigenvalue weighted by Gasteiger charge is 2.11. The molecule has 1 unspecified atom stereocenters. The second kappa shape index (κ2) is 7.14. The summed E-state index contributed by atoms with van der Waals surface area (Å²) in [4.78, 5) is 11.7. The Morgan fingerprint density at radius 1 is 1.32 bits per heavy atom. The van der Waals surface area contributed by atoms with Crippen LogP contribution in [0.4, 0.5) is 0 Å². The Morgan fingerprint density at radius 3 is 2.58 bits per heavy atom. The molecule has 4 heteroatoms. The Morgan fingerprint density at radius 2 is 2.00 bits per heavy atom. The van der Waals surface area contributed by atoms with Crippen LogP contribution in [0.3, 0.4) is 0 Å². The molecule has 0 aliphatic rings. The minimum absolute atomic E-state index is 0.0136. The van der Waals surface area contributed by atoms with E-state index in [2.05, 4.69) is 19.2 Å². The first kappa shape index (κ1) is 15.5. The molecule has 106 valence electrons. The lowest BCUT2D eigenvalue weighted by Gasteiger charge is -2.17. The van der Waals surface area contributed by atoms with Crippen molar-refractivity contribution in [3.63, 3.8) is 0 Å². The van der Waals surface area contributed by atoms with Crippen LogP contribution >= 0.6 is 0 Å². The van der Waals surface area contributed by atoms with Gasteiger partial charge in [-0.2, -0.15) is 0 Å². The molecule has 1 rings (SSSR count). The summed E-state index contributed by atoms with van der Waals surface area (Å²) < 4.78 is 5.42. The highest BCUT2D eigenvalue weighted by Crippen LogP contribution is 2.18. The third-order valence-corrected chi connectivity index (χ3v) is 3.10. The van der Waals surface area contributed by atoms with E-state index in [4.69, 9.17) is 4.74 Å². The van der Waals surface area contributed by atoms with Crippen molar-refractivity contribution in [2.24, 2.45) is 5.92 Å². The third-order valence-electron chi connectivity index (χ3n) is 3.10. The molecule has 0 saturated heterocycles. The maximum Gasteiger partial charge on any atom is 0.258 e. The summed E-state index contributed by atoms with van der Waals surface area (Å²) in [6, 6.07) is 7.25. The van der Waals surface area contributed by atoms with Gasteiger partial charge in [0.25, 0.3) is 5.91 Å². The van der Waals surface area contributed by atoms with Crippen molar-refractivity contribution in [3.05, 3.63) is 29.8 Å². The number of aliphatic hydroxyl groups is 1. The summed E-state index contributed by atoms with van der Waals surface area (Å²) in [6.07, 6.45) is -0.543. The van der Waals surface area contributed by atoms with Crippen molar-refractivity contribution in [1.29, 1.82) is 0 Å². The molecule has 1 aromatic carbocycles. The SMILES string of the molecule is CC(C)C(C)NC(=O)COc1cccc([C@@H](C)O)c1. The van der Waals surface area contributed by atoms with Crippen LogP contribution in [0.2, 0.25) is 0 Å². The number of aliphatic hydroxyl groups excluding tert-OH is 1. The lowest BCUT2D eigenvalue weighted by molar-refractivity contribution is -0.124. The summed E-state index contributed by atoms with van der Waals surface area (Å²) >= 11 is 0. The summed E-state index contributed by atoms with van der Waals surface area (Å²) in [5.74, 6) is 0.844. The van der Waals surface area contributed by atoms with Gasteiger partial charge in [0.15, 0.2) is 6.61 Å². The first-order chi connectivity index (χ1) is 8.90. The van der Waals surface area contributed by atoms with Gasteiger partial charge in [0.1, 0.15) is 5.75 Å². The van der Waals surface area contributed by atoms with Crippen LogP contribution in [-0.4, -0.2) is 23.7 Å². The highest BCUT2D eigenvalue weighted by atomic mass is 16.5. The number of carbonyl (C=O) groups is 1. The van der Waals surface area contributed by atoms with Crippen LogP contribution in [0.1, 0.15) is 39.4 Å². The molecule has 0 bridgehead atoms. The van der Waals surface area contributed by atoms with Gasteiger partial charge in [-0.3, -0.25) is 4.79 Å². The van der Waals surface area contributed by atoms with E-state index in [0.29, 0.717) is 11.7 Å². The Hall–Kier alpha value is -1.55. The summed E-state index contributed by atoms with van der Waals surface area (Å²) in [6.45, 7) is 7.75. The number of ether oxygens (including phenoxy) is 1. The van der Waals surface area contributed by atoms with Gasteiger partial charge < -0.3 is 15.2 Å². The van der Waals surface area contributed by atoms with Gasteiger partial charge in [-0.05, 0) is 37.5 Å². The van der Waals surface area contributed by atoms with Gasteiger partial charge in [0.2, 0.25) is 0 Å². The fourth-order valence-corrected chi connectivity index (χ4v) is 1.48. The largest absolute Gasteiger partial charge is 0.484 e. The van der Waals surface area contributed by atoms with Crippen molar-refractivity contribution in [2.75, 3.05) is 6.61 Å². The molecule has 0 aliphatic carbocycles. The fourth-order valence-electron chi connectivity index (χ4n) is 1.48. The average molecular weight is 265 g/mol. The van der Waals surface area contributed by atoms with Crippen LogP contribution < -0.4 is 10.1 Å². The van der Waals surface area contributed by atoms with E-state index < -0.39 is 6.10 Å². The number of amides is 1. The van der Waals surface area contributed by atoms with E-state index in [1.807, 2.05) is 13.0 Å². The van der Waals surface area contributed by atoms with Gasteiger partial charge >= 0.3 is 0 Å². The van der Waals surface area contributed by atoms with Crippen molar-refractivity contribution in [1.82, 2.24) is 5.32 Å². The minimum atomic E-state index is -0.543. The minimum Gasteiger partial charge on any atom is -0.484 e. The molecule has 4 nitrogen and oxygen atoms in total. The van der Waals surface area contributed by atoms with Crippen molar-refractivity contribution >= 4 is 5.91 Å². The number of nitrogens with one attached hydrogen (secondary N) is 1. The molecule has 19 heavy (non-hydrogen) atoms. The number of rotatable bonds is 6. The molecular weight excluding hydrogens is 242 g/mol. The predicted octanol–water partition coefficient (Wildman–Crippen LogP) is 2.28. The second-order valence-corrected chi connectivity index (χ2v) is 5.14. The number of hydrogen-bond acceptors (Lipinski definition) is 3. The van der Waals surface area contributed by atoms with E-state index in [-0.39, 0.29) is 18.6 Å². The van der Waals surface area contributed by atoms with Gasteiger partial charge in [-0.1, -0.05) is 26.0 Å². The Kier molecular flexibility index (Phi) is 5.83. The van der Waals surface area contributed by atoms with Gasteiger partial charge in [-0.15, -0.1) is 0 Å². The number of hydrogen-bond donors (Lipinski definition) is 2. The molecule has 0 aromatic heterocycles. The van der Waals surface area contributed by atoms with E-state index in [1.165, 1.54) is 0 Å². The summed E-state index contributed by atoms with van der Waals surface area (Å²) in [5.41, 5.74) is 0.772. The van der Waals surface area contributed by atoms with E-state index in [9.17, 15) is 9.90 Å². The average Bonchev–Trinajstić information content (AvgIpc) is 2.36. The zero-order valence-electron chi connectivity index (χ0n) is 12.0. The van der Waals surface area contributed by atoms with Gasteiger partial charge in [0, 0.05) is 6.04 Å². The van der Waals surface area contributed by atoms with Crippen LogP contribution in [0.25, 0.3) is 0 Å². The van der Waals surface area contributed by atoms with E-state index >= 15 is 0 Å². The molecule has 0 spiro atoms. The molecule has 0 radical (unpaired) electrons. The molecule has 0 heterocycles. The lowest BCUT2D eigenvalue weighted by atomic mass is 10.1. The first-order valence-electron chi connectivity index (χ1n) is 6.60. The van der Waals surface area contributed by atoms with Crippen molar-refractivity contribution in [3.8, 4) is 5.75 Å². The smallest absolute Gasteiger partial charge is 0.258 e. The zero-order chi connectivity index (χ0) is 14.4. The van der Waals surface area contributed by atoms with Crippen LogP contribution in [-0.2, 0) is 4.79 Å². The molecular formula is C15H23NO3. The van der Waals surface area contributed by atoms with Crippen LogP contribution in [0, 0.1) is 5.92 Å². The number of benzene rings is 1. The normalized spacial score (nSPS) is 14.0. The molecule has 0 fully saturated rings. The maximum absolute atomic E-state index is 11.7. The molecule has 1 aromatic rings. The van der Waals surface area contributed by atoms with Gasteiger partial charge in [0.05, 0.1) is 6.10 Å². The highest BCUT2D eigenvalue weighted by molar-refractivity contribution is 5.77. The Labute approximate surface area is 114 Å². The van der Waals surface area contributed by atoms with E-state index in [1.54, 1.807) is 25.1 Å². The van der Waals surface area contributed by atoms with Gasteiger partial charge in [-0.25, -0.2) is 0 Å². The summed E-state index contributed by atoms with van der Waals surface area (Å²) in [5, 5.41) is 12.3. The summed E-state index contributed by atoms with van der Waals surface area (Å²) in [7, 11) is 0. The van der Waals surface area contributed by atoms with Crippen molar-refractivity contribution < 1.29 is 14.6 Å². The number of carbonyl (C=O) groups excluding carboxylic acids is 1. The molecule has 2 N–H and O–H groups in total. The van der Waals surface area contributed by atoms with Crippen molar-refractivity contribution in [2.45, 2.75) is 39.8 Å². The fraction of sp³-hybridized carbons (Fsp3) is 0.533. The Balaban J connectivity index is 2.48. The molecule has 0 saturated carbocycles. The third kappa shape index (κ3) is 5.30. The topological polar surface area (TPSA) is 58.6 Å². The zero-order valence-corrected chi connectivity index (χ0v) is 12.0. The molecule has 2 atom stereocenters. The maximum atomic E-state index is 11.7. The van der Waals surface area contributed by atoms with E-state index in [0.717, 1.165) is 5.56 Å². The standard InChI is InChI=1S/C15H23NO3/c1-10(2)11(3)16-15(18)9-19-14-7-5-6-13(8-14)12(4)17/h5-8,10-12,17H,9H2,1-4H3,(H,16,18)/t11?,12-/m1/s1. The predicted molar refractivity (Wildman–Crippen MR) is 75.0 cm³/mol. The van der Waals surface area contributed by atoms with Crippen LogP contribution in [0.5, 0.6) is 5.75 Å². The first-order valence-corrected chi connectivity index (χ1v) is 6.60. The molecule has 1 amide bonds. The monoisotopic (exact) mass is 265 g/mol. The quantitative estimate of drug-likeness (QED) is 0.829. The Bertz CT molecular complexity index is 416. The van der Waals surface area contributed by atoms with Crippen LogP contribution in [0.15, 0.2) is 24.3 Å². The molecule has 0 aliphatic heterocycles.